The molecule has 3 rings (SSSR count). The van der Waals surface area contributed by atoms with Gasteiger partial charge in [-0.05, 0) is 49.8 Å². The third kappa shape index (κ3) is 6.30. The summed E-state index contributed by atoms with van der Waals surface area (Å²) in [5.74, 6) is 0.335. The van der Waals surface area contributed by atoms with Gasteiger partial charge in [0.05, 0.1) is 11.5 Å². The zero-order valence-corrected chi connectivity index (χ0v) is 17.4. The Morgan fingerprint density at radius 1 is 1.03 bits per heavy atom. The number of nitrogens with zero attached hydrogens (tertiary/aromatic N) is 1. The van der Waals surface area contributed by atoms with E-state index < -0.39 is 10.1 Å². The van der Waals surface area contributed by atoms with E-state index in [1.165, 1.54) is 0 Å². The molecular formula is C22H27NO5S. The van der Waals surface area contributed by atoms with E-state index in [0.29, 0.717) is 25.4 Å². The van der Waals surface area contributed by atoms with Crippen molar-refractivity contribution in [3.05, 3.63) is 65.7 Å². The molecule has 1 heterocycles. The molecule has 0 N–H and O–H groups in total. The highest BCUT2D eigenvalue weighted by atomic mass is 32.2. The minimum atomic E-state index is -3.72. The van der Waals surface area contributed by atoms with Crippen LogP contribution < -0.4 is 0 Å². The van der Waals surface area contributed by atoms with Crippen molar-refractivity contribution in [3.63, 3.8) is 0 Å². The molecule has 2 aromatic rings. The van der Waals surface area contributed by atoms with Crippen LogP contribution in [0.5, 0.6) is 0 Å². The molecule has 0 atom stereocenters. The Morgan fingerprint density at radius 3 is 2.34 bits per heavy atom. The van der Waals surface area contributed by atoms with Crippen molar-refractivity contribution in [1.82, 2.24) is 4.90 Å². The fourth-order valence-electron chi connectivity index (χ4n) is 3.31. The molecule has 1 fully saturated rings. The summed E-state index contributed by atoms with van der Waals surface area (Å²) < 4.78 is 35.0. The second-order valence-corrected chi connectivity index (χ2v) is 8.96. The van der Waals surface area contributed by atoms with Crippen LogP contribution in [0.15, 0.2) is 59.5 Å². The lowest BCUT2D eigenvalue weighted by atomic mass is 9.94. The van der Waals surface area contributed by atoms with Crippen LogP contribution >= 0.6 is 0 Å². The number of aryl methyl sites for hydroxylation is 1. The van der Waals surface area contributed by atoms with Crippen molar-refractivity contribution < 1.29 is 22.1 Å². The zero-order valence-electron chi connectivity index (χ0n) is 16.6. The number of ether oxygens (including phenoxy) is 1. The number of amides is 1. The highest BCUT2D eigenvalue weighted by Crippen LogP contribution is 2.22. The fraction of sp³-hybridized carbons (Fsp3) is 0.409. The lowest BCUT2D eigenvalue weighted by Crippen LogP contribution is -2.39. The van der Waals surface area contributed by atoms with Crippen molar-refractivity contribution in [2.75, 3.05) is 19.7 Å². The normalized spacial score (nSPS) is 15.3. The number of piperidine rings is 1. The van der Waals surface area contributed by atoms with Gasteiger partial charge in [-0.25, -0.2) is 4.79 Å². The van der Waals surface area contributed by atoms with Gasteiger partial charge in [-0.15, -0.1) is 0 Å². The van der Waals surface area contributed by atoms with E-state index in [1.807, 2.05) is 37.3 Å². The molecule has 1 amide bonds. The zero-order chi connectivity index (χ0) is 20.7. The van der Waals surface area contributed by atoms with Gasteiger partial charge in [0.25, 0.3) is 10.1 Å². The number of carbonyl (C=O) groups excluding carboxylic acids is 1. The van der Waals surface area contributed by atoms with Gasteiger partial charge in [-0.2, -0.15) is 8.42 Å². The number of benzene rings is 2. The molecule has 0 aliphatic carbocycles. The summed E-state index contributed by atoms with van der Waals surface area (Å²) in [6.07, 6.45) is 1.98. The summed E-state index contributed by atoms with van der Waals surface area (Å²) in [6.45, 7) is 3.55. The fourth-order valence-corrected chi connectivity index (χ4v) is 4.23. The number of hydrogen-bond donors (Lipinski definition) is 0. The van der Waals surface area contributed by atoms with Crippen molar-refractivity contribution in [1.29, 1.82) is 0 Å². The number of hydrogen-bond acceptors (Lipinski definition) is 5. The number of rotatable bonds is 7. The lowest BCUT2D eigenvalue weighted by Gasteiger charge is -2.31. The van der Waals surface area contributed by atoms with Crippen LogP contribution in [0, 0.1) is 12.8 Å². The van der Waals surface area contributed by atoms with Crippen LogP contribution in [0.25, 0.3) is 0 Å². The molecule has 0 radical (unpaired) electrons. The standard InChI is InChI=1S/C22H27NO5S/c1-18-7-9-21(10-8-18)29(25,26)28-16-13-19-11-14-23(15-12-19)22(24)27-17-20-5-3-2-4-6-20/h2-10,19H,11-17H2,1H3. The second kappa shape index (κ2) is 9.89. The first kappa shape index (κ1) is 21.3. The first-order valence-corrected chi connectivity index (χ1v) is 11.3. The number of likely N-dealkylation sites (tertiary alicyclic amines) is 1. The molecule has 1 aliphatic rings. The van der Waals surface area contributed by atoms with Gasteiger partial charge in [0.1, 0.15) is 6.61 Å². The van der Waals surface area contributed by atoms with Gasteiger partial charge in [0.15, 0.2) is 0 Å². The predicted molar refractivity (Wildman–Crippen MR) is 110 cm³/mol. The predicted octanol–water partition coefficient (Wildman–Crippen LogP) is 4.14. The molecular weight excluding hydrogens is 390 g/mol. The maximum atomic E-state index is 12.2. The van der Waals surface area contributed by atoms with Gasteiger partial charge in [-0.3, -0.25) is 4.18 Å². The molecule has 0 spiro atoms. The quantitative estimate of drug-likeness (QED) is 0.633. The second-order valence-electron chi connectivity index (χ2n) is 7.35. The topological polar surface area (TPSA) is 72.9 Å². The molecule has 0 aromatic heterocycles. The van der Waals surface area contributed by atoms with Gasteiger partial charge >= 0.3 is 6.09 Å². The third-order valence-electron chi connectivity index (χ3n) is 5.15. The monoisotopic (exact) mass is 417 g/mol. The Hall–Kier alpha value is -2.38. The average Bonchev–Trinajstić information content (AvgIpc) is 2.73. The van der Waals surface area contributed by atoms with Crippen LogP contribution in [0.4, 0.5) is 4.79 Å². The maximum Gasteiger partial charge on any atom is 0.410 e. The van der Waals surface area contributed by atoms with E-state index in [0.717, 1.165) is 24.0 Å². The smallest absolute Gasteiger partial charge is 0.410 e. The summed E-state index contributed by atoms with van der Waals surface area (Å²) in [7, 11) is -3.72. The Bertz CT molecular complexity index is 889. The summed E-state index contributed by atoms with van der Waals surface area (Å²) in [5, 5.41) is 0. The van der Waals surface area contributed by atoms with Crippen LogP contribution in [0.2, 0.25) is 0 Å². The van der Waals surface area contributed by atoms with E-state index in [9.17, 15) is 13.2 Å². The maximum absolute atomic E-state index is 12.2. The van der Waals surface area contributed by atoms with Crippen molar-refractivity contribution in [2.24, 2.45) is 5.92 Å². The molecule has 29 heavy (non-hydrogen) atoms. The molecule has 7 heteroatoms. The van der Waals surface area contributed by atoms with Gasteiger partial charge in [0.2, 0.25) is 0 Å². The molecule has 6 nitrogen and oxygen atoms in total. The van der Waals surface area contributed by atoms with Crippen LogP contribution in [-0.2, 0) is 25.6 Å². The summed E-state index contributed by atoms with van der Waals surface area (Å²) in [5.41, 5.74) is 1.96. The van der Waals surface area contributed by atoms with Gasteiger partial charge < -0.3 is 9.64 Å². The first-order chi connectivity index (χ1) is 13.9. The highest BCUT2D eigenvalue weighted by molar-refractivity contribution is 7.86. The van der Waals surface area contributed by atoms with Gasteiger partial charge in [-0.1, -0.05) is 48.0 Å². The Kier molecular flexibility index (Phi) is 7.28. The summed E-state index contributed by atoms with van der Waals surface area (Å²) in [4.78, 5) is 14.1. The van der Waals surface area contributed by atoms with E-state index in [-0.39, 0.29) is 24.2 Å². The molecule has 0 bridgehead atoms. The average molecular weight is 418 g/mol. The largest absolute Gasteiger partial charge is 0.445 e. The molecule has 2 aromatic carbocycles. The van der Waals surface area contributed by atoms with Crippen LogP contribution in [-0.4, -0.2) is 39.1 Å². The minimum absolute atomic E-state index is 0.152. The highest BCUT2D eigenvalue weighted by Gasteiger charge is 2.24. The molecule has 1 saturated heterocycles. The van der Waals surface area contributed by atoms with E-state index in [2.05, 4.69) is 0 Å². The SMILES string of the molecule is Cc1ccc(S(=O)(=O)OCCC2CCN(C(=O)OCc3ccccc3)CC2)cc1. The summed E-state index contributed by atoms with van der Waals surface area (Å²) in [6, 6.07) is 16.2. The first-order valence-electron chi connectivity index (χ1n) is 9.86. The molecule has 0 unspecified atom stereocenters. The van der Waals surface area contributed by atoms with E-state index in [4.69, 9.17) is 8.92 Å². The van der Waals surface area contributed by atoms with Crippen LogP contribution in [0.1, 0.15) is 30.4 Å². The van der Waals surface area contributed by atoms with Gasteiger partial charge in [0, 0.05) is 13.1 Å². The van der Waals surface area contributed by atoms with Crippen molar-refractivity contribution >= 4 is 16.2 Å². The Balaban J connectivity index is 1.37. The lowest BCUT2D eigenvalue weighted by molar-refractivity contribution is 0.0801. The van der Waals surface area contributed by atoms with Crippen LogP contribution in [0.3, 0.4) is 0 Å². The van der Waals surface area contributed by atoms with E-state index >= 15 is 0 Å². The van der Waals surface area contributed by atoms with Crippen molar-refractivity contribution in [2.45, 2.75) is 37.7 Å². The van der Waals surface area contributed by atoms with E-state index in [1.54, 1.807) is 29.2 Å². The molecule has 156 valence electrons. The molecule has 0 saturated carbocycles. The summed E-state index contributed by atoms with van der Waals surface area (Å²) >= 11 is 0. The Morgan fingerprint density at radius 2 is 1.69 bits per heavy atom. The molecule has 1 aliphatic heterocycles. The number of carbonyl (C=O) groups is 1. The minimum Gasteiger partial charge on any atom is -0.445 e. The Labute approximate surface area is 172 Å². The van der Waals surface area contributed by atoms with Crippen molar-refractivity contribution in [3.8, 4) is 0 Å². The third-order valence-corrected chi connectivity index (χ3v) is 6.48.